The second-order valence-corrected chi connectivity index (χ2v) is 4.78. The molecule has 76 valence electrons. The fraction of sp³-hybridized carbons (Fsp3) is 0.545. The van der Waals surface area contributed by atoms with Crippen LogP contribution in [0.25, 0.3) is 0 Å². The van der Waals surface area contributed by atoms with E-state index in [9.17, 15) is 0 Å². The topological polar surface area (TPSA) is 38.9 Å². The normalized spacial score (nSPS) is 18.4. The highest BCUT2D eigenvalue weighted by Gasteiger charge is 2.17. The molecule has 14 heavy (non-hydrogen) atoms. The van der Waals surface area contributed by atoms with Crippen molar-refractivity contribution in [3.63, 3.8) is 0 Å². The molecule has 1 fully saturated rings. The lowest BCUT2D eigenvalue weighted by atomic mass is 9.84. The molecule has 1 aromatic heterocycles. The van der Waals surface area contributed by atoms with E-state index in [-0.39, 0.29) is 0 Å². The summed E-state index contributed by atoms with van der Waals surface area (Å²) in [6.07, 6.45) is 8.37. The van der Waals surface area contributed by atoms with Crippen LogP contribution in [0.5, 0.6) is 0 Å². The van der Waals surface area contributed by atoms with Gasteiger partial charge in [-0.2, -0.15) is 0 Å². The quantitative estimate of drug-likeness (QED) is 0.780. The summed E-state index contributed by atoms with van der Waals surface area (Å²) < 4.78 is 0.896. The van der Waals surface area contributed by atoms with E-state index in [1.54, 1.807) is 6.20 Å². The maximum atomic E-state index is 5.94. The number of pyridine rings is 1. The Morgan fingerprint density at radius 3 is 2.71 bits per heavy atom. The van der Waals surface area contributed by atoms with Gasteiger partial charge in [-0.3, -0.25) is 0 Å². The molecule has 2 rings (SSSR count). The van der Waals surface area contributed by atoms with Gasteiger partial charge in [0.1, 0.15) is 4.60 Å². The number of hydrogen-bond donors (Lipinski definition) is 1. The molecule has 0 amide bonds. The zero-order valence-corrected chi connectivity index (χ0v) is 9.76. The van der Waals surface area contributed by atoms with Crippen LogP contribution in [0.4, 0.5) is 5.69 Å². The lowest BCUT2D eigenvalue weighted by molar-refractivity contribution is 0.444. The molecule has 0 spiro atoms. The van der Waals surface area contributed by atoms with Gasteiger partial charge in [0.05, 0.1) is 11.9 Å². The Kier molecular flexibility index (Phi) is 3.06. The SMILES string of the molecule is Nc1cnc(Br)cc1C1CCCCC1. The fourth-order valence-corrected chi connectivity index (χ4v) is 2.57. The third-order valence-corrected chi connectivity index (χ3v) is 3.41. The predicted octanol–water partition coefficient (Wildman–Crippen LogP) is 3.47. The summed E-state index contributed by atoms with van der Waals surface area (Å²) in [4.78, 5) is 4.13. The molecule has 0 saturated heterocycles. The molecule has 1 saturated carbocycles. The highest BCUT2D eigenvalue weighted by Crippen LogP contribution is 2.35. The molecular formula is C11H15BrN2. The zero-order valence-electron chi connectivity index (χ0n) is 8.17. The van der Waals surface area contributed by atoms with Crippen LogP contribution in [-0.2, 0) is 0 Å². The lowest BCUT2D eigenvalue weighted by Crippen LogP contribution is -2.07. The average Bonchev–Trinajstić information content (AvgIpc) is 2.23. The van der Waals surface area contributed by atoms with Crippen molar-refractivity contribution in [3.8, 4) is 0 Å². The summed E-state index contributed by atoms with van der Waals surface area (Å²) >= 11 is 3.40. The van der Waals surface area contributed by atoms with Crippen LogP contribution in [0.15, 0.2) is 16.9 Å². The van der Waals surface area contributed by atoms with Crippen molar-refractivity contribution in [1.29, 1.82) is 0 Å². The highest BCUT2D eigenvalue weighted by molar-refractivity contribution is 9.10. The maximum absolute atomic E-state index is 5.94. The molecule has 0 bridgehead atoms. The maximum Gasteiger partial charge on any atom is 0.106 e. The van der Waals surface area contributed by atoms with E-state index < -0.39 is 0 Å². The predicted molar refractivity (Wildman–Crippen MR) is 62.2 cm³/mol. The second kappa shape index (κ2) is 4.30. The lowest BCUT2D eigenvalue weighted by Gasteiger charge is -2.23. The molecule has 0 unspecified atom stereocenters. The molecule has 1 aromatic rings. The second-order valence-electron chi connectivity index (χ2n) is 3.97. The number of anilines is 1. The van der Waals surface area contributed by atoms with Crippen LogP contribution >= 0.6 is 15.9 Å². The van der Waals surface area contributed by atoms with Crippen LogP contribution < -0.4 is 5.73 Å². The van der Waals surface area contributed by atoms with Gasteiger partial charge in [0.2, 0.25) is 0 Å². The van der Waals surface area contributed by atoms with Crippen LogP contribution in [-0.4, -0.2) is 4.98 Å². The van der Waals surface area contributed by atoms with E-state index in [0.29, 0.717) is 5.92 Å². The molecule has 2 N–H and O–H groups in total. The van der Waals surface area contributed by atoms with Crippen LogP contribution in [0, 0.1) is 0 Å². The van der Waals surface area contributed by atoms with Crippen molar-refractivity contribution in [2.24, 2.45) is 0 Å². The first-order chi connectivity index (χ1) is 6.77. The van der Waals surface area contributed by atoms with Gasteiger partial charge >= 0.3 is 0 Å². The molecular weight excluding hydrogens is 240 g/mol. The molecule has 0 radical (unpaired) electrons. The molecule has 2 nitrogen and oxygen atoms in total. The van der Waals surface area contributed by atoms with Gasteiger partial charge in [0, 0.05) is 0 Å². The van der Waals surface area contributed by atoms with Crippen molar-refractivity contribution >= 4 is 21.6 Å². The number of halogens is 1. The number of hydrogen-bond acceptors (Lipinski definition) is 2. The van der Waals surface area contributed by atoms with E-state index in [4.69, 9.17) is 5.73 Å². The Morgan fingerprint density at radius 2 is 2.00 bits per heavy atom. The number of nitrogen functional groups attached to an aromatic ring is 1. The minimum Gasteiger partial charge on any atom is -0.397 e. The Hall–Kier alpha value is -0.570. The van der Waals surface area contributed by atoms with Gasteiger partial charge in [0.25, 0.3) is 0 Å². The Morgan fingerprint density at radius 1 is 1.29 bits per heavy atom. The van der Waals surface area contributed by atoms with Crippen LogP contribution in [0.2, 0.25) is 0 Å². The molecule has 0 aromatic carbocycles. The zero-order chi connectivity index (χ0) is 9.97. The molecule has 3 heteroatoms. The number of nitrogens with two attached hydrogens (primary N) is 1. The average molecular weight is 255 g/mol. The van der Waals surface area contributed by atoms with Crippen molar-refractivity contribution in [2.45, 2.75) is 38.0 Å². The summed E-state index contributed by atoms with van der Waals surface area (Å²) in [5, 5.41) is 0. The third kappa shape index (κ3) is 2.08. The number of rotatable bonds is 1. The Labute approximate surface area is 93.0 Å². The van der Waals surface area contributed by atoms with Gasteiger partial charge in [-0.05, 0) is 46.3 Å². The molecule has 1 aliphatic carbocycles. The molecule has 1 aliphatic rings. The first-order valence-corrected chi connectivity index (χ1v) is 5.97. The van der Waals surface area contributed by atoms with Gasteiger partial charge in [-0.1, -0.05) is 19.3 Å². The van der Waals surface area contributed by atoms with E-state index in [2.05, 4.69) is 27.0 Å². The Bertz CT molecular complexity index is 319. The van der Waals surface area contributed by atoms with E-state index >= 15 is 0 Å². The smallest absolute Gasteiger partial charge is 0.106 e. The highest BCUT2D eigenvalue weighted by atomic mass is 79.9. The van der Waals surface area contributed by atoms with Gasteiger partial charge in [0.15, 0.2) is 0 Å². The molecule has 0 atom stereocenters. The summed E-state index contributed by atoms with van der Waals surface area (Å²) in [6, 6.07) is 2.07. The minimum absolute atomic E-state index is 0.656. The first kappa shape index (κ1) is 9.97. The fourth-order valence-electron chi connectivity index (χ4n) is 2.22. The summed E-state index contributed by atoms with van der Waals surface area (Å²) in [6.45, 7) is 0. The minimum atomic E-state index is 0.656. The monoisotopic (exact) mass is 254 g/mol. The molecule has 1 heterocycles. The summed E-state index contributed by atoms with van der Waals surface area (Å²) in [5.41, 5.74) is 8.07. The number of nitrogens with zero attached hydrogens (tertiary/aromatic N) is 1. The van der Waals surface area contributed by atoms with Gasteiger partial charge in [-0.15, -0.1) is 0 Å². The van der Waals surface area contributed by atoms with Gasteiger partial charge in [-0.25, -0.2) is 4.98 Å². The standard InChI is InChI=1S/C11H15BrN2/c12-11-6-9(10(13)7-14-11)8-4-2-1-3-5-8/h6-8H,1-5,13H2. The van der Waals surface area contributed by atoms with Crippen molar-refractivity contribution in [1.82, 2.24) is 4.98 Å². The van der Waals surface area contributed by atoms with Crippen LogP contribution in [0.3, 0.4) is 0 Å². The van der Waals surface area contributed by atoms with Crippen molar-refractivity contribution in [3.05, 3.63) is 22.4 Å². The summed E-state index contributed by atoms with van der Waals surface area (Å²) in [5.74, 6) is 0.656. The van der Waals surface area contributed by atoms with E-state index in [0.717, 1.165) is 10.3 Å². The largest absolute Gasteiger partial charge is 0.397 e. The molecule has 0 aliphatic heterocycles. The van der Waals surface area contributed by atoms with Crippen molar-refractivity contribution < 1.29 is 0 Å². The van der Waals surface area contributed by atoms with Crippen molar-refractivity contribution in [2.75, 3.05) is 5.73 Å². The Balaban J connectivity index is 2.24. The van der Waals surface area contributed by atoms with Crippen LogP contribution in [0.1, 0.15) is 43.6 Å². The summed E-state index contributed by atoms with van der Waals surface area (Å²) in [7, 11) is 0. The van der Waals surface area contributed by atoms with E-state index in [1.165, 1.54) is 37.7 Å². The van der Waals surface area contributed by atoms with E-state index in [1.807, 2.05) is 0 Å². The third-order valence-electron chi connectivity index (χ3n) is 2.98. The van der Waals surface area contributed by atoms with Gasteiger partial charge < -0.3 is 5.73 Å². The number of aromatic nitrogens is 1. The first-order valence-electron chi connectivity index (χ1n) is 5.18.